The Morgan fingerprint density at radius 1 is 1.13 bits per heavy atom. The zero-order chi connectivity index (χ0) is 17.0. The molecule has 0 spiro atoms. The van der Waals surface area contributed by atoms with E-state index in [2.05, 4.69) is 0 Å². The highest BCUT2D eigenvalue weighted by molar-refractivity contribution is 5.75. The van der Waals surface area contributed by atoms with E-state index in [0.717, 1.165) is 16.7 Å². The van der Waals surface area contributed by atoms with Gasteiger partial charge in [0.05, 0.1) is 4.92 Å². The lowest BCUT2D eigenvalue weighted by Gasteiger charge is -2.12. The molecular formula is C17H17NO5. The molecule has 2 rings (SSSR count). The Balaban J connectivity index is 2.06. The maximum Gasteiger partial charge on any atom is 0.349 e. The first-order valence-electron chi connectivity index (χ1n) is 7.03. The van der Waals surface area contributed by atoms with Crippen LogP contribution in [0.15, 0.2) is 36.4 Å². The van der Waals surface area contributed by atoms with Crippen LogP contribution in [0.4, 0.5) is 5.69 Å². The third-order valence-electron chi connectivity index (χ3n) is 3.23. The highest BCUT2D eigenvalue weighted by Crippen LogP contribution is 2.27. The minimum Gasteiger partial charge on any atom is -0.475 e. The molecule has 120 valence electrons. The number of rotatable bonds is 5. The number of ether oxygens (including phenoxy) is 2. The Morgan fingerprint density at radius 2 is 1.74 bits per heavy atom. The van der Waals surface area contributed by atoms with Crippen LogP contribution in [0.2, 0.25) is 0 Å². The number of nitro benzene ring substituents is 1. The van der Waals surface area contributed by atoms with Gasteiger partial charge >= 0.3 is 11.7 Å². The summed E-state index contributed by atoms with van der Waals surface area (Å²) < 4.78 is 10.5. The van der Waals surface area contributed by atoms with Gasteiger partial charge in [0.1, 0.15) is 5.75 Å². The Hall–Kier alpha value is -2.89. The molecule has 0 amide bonds. The number of benzene rings is 2. The summed E-state index contributed by atoms with van der Waals surface area (Å²) in [7, 11) is 0. The fraction of sp³-hybridized carbons (Fsp3) is 0.235. The Kier molecular flexibility index (Phi) is 4.95. The fourth-order valence-corrected chi connectivity index (χ4v) is 2.34. The van der Waals surface area contributed by atoms with Gasteiger partial charge in [0.25, 0.3) is 0 Å². The highest BCUT2D eigenvalue weighted by atomic mass is 16.6. The van der Waals surface area contributed by atoms with E-state index in [-0.39, 0.29) is 11.4 Å². The molecule has 0 saturated carbocycles. The number of nitrogens with zero attached hydrogens (tertiary/aromatic N) is 1. The average molecular weight is 315 g/mol. The molecule has 0 aromatic heterocycles. The van der Waals surface area contributed by atoms with Crippen LogP contribution in [0, 0.1) is 30.9 Å². The summed E-state index contributed by atoms with van der Waals surface area (Å²) in [6.45, 7) is 5.26. The molecule has 2 aromatic rings. The average Bonchev–Trinajstić information content (AvgIpc) is 2.49. The number of hydrogen-bond donors (Lipinski definition) is 0. The van der Waals surface area contributed by atoms with Crippen molar-refractivity contribution in [2.75, 3.05) is 6.61 Å². The van der Waals surface area contributed by atoms with E-state index in [1.165, 1.54) is 18.2 Å². The Labute approximate surface area is 133 Å². The normalized spacial score (nSPS) is 10.2. The second-order valence-electron chi connectivity index (χ2n) is 5.22. The highest BCUT2D eigenvalue weighted by Gasteiger charge is 2.16. The SMILES string of the molecule is Cc1cc(C)c(OC(=O)COc2ccccc2[N+](=O)[O-])c(C)c1. The van der Waals surface area contributed by atoms with Gasteiger partial charge < -0.3 is 9.47 Å². The third kappa shape index (κ3) is 4.06. The van der Waals surface area contributed by atoms with Gasteiger partial charge in [-0.25, -0.2) is 4.79 Å². The molecule has 0 bridgehead atoms. The van der Waals surface area contributed by atoms with Crippen LogP contribution < -0.4 is 9.47 Å². The topological polar surface area (TPSA) is 78.7 Å². The van der Waals surface area contributed by atoms with Crippen LogP contribution in [-0.4, -0.2) is 17.5 Å². The van der Waals surface area contributed by atoms with Gasteiger partial charge in [-0.15, -0.1) is 0 Å². The number of carbonyl (C=O) groups is 1. The maximum atomic E-state index is 11.9. The van der Waals surface area contributed by atoms with Crippen LogP contribution in [0.3, 0.4) is 0 Å². The van der Waals surface area contributed by atoms with E-state index in [1.54, 1.807) is 6.07 Å². The van der Waals surface area contributed by atoms with E-state index in [1.807, 2.05) is 32.9 Å². The number of nitro groups is 1. The first-order valence-corrected chi connectivity index (χ1v) is 7.03. The summed E-state index contributed by atoms with van der Waals surface area (Å²) in [6.07, 6.45) is 0. The number of hydrogen-bond acceptors (Lipinski definition) is 5. The lowest BCUT2D eigenvalue weighted by Crippen LogP contribution is -2.19. The minimum atomic E-state index is -0.613. The maximum absolute atomic E-state index is 11.9. The number of esters is 1. The molecule has 6 nitrogen and oxygen atoms in total. The van der Waals surface area contributed by atoms with Crippen molar-refractivity contribution in [3.63, 3.8) is 0 Å². The van der Waals surface area contributed by atoms with Gasteiger partial charge in [-0.2, -0.15) is 0 Å². The number of carbonyl (C=O) groups excluding carboxylic acids is 1. The van der Waals surface area contributed by atoms with Crippen molar-refractivity contribution < 1.29 is 19.2 Å². The van der Waals surface area contributed by atoms with Crippen molar-refractivity contribution in [2.24, 2.45) is 0 Å². The second-order valence-corrected chi connectivity index (χ2v) is 5.22. The zero-order valence-corrected chi connectivity index (χ0v) is 13.2. The van der Waals surface area contributed by atoms with Crippen molar-refractivity contribution in [1.29, 1.82) is 0 Å². The van der Waals surface area contributed by atoms with Crippen LogP contribution >= 0.6 is 0 Å². The summed E-state index contributed by atoms with van der Waals surface area (Å²) in [4.78, 5) is 22.3. The van der Waals surface area contributed by atoms with Crippen molar-refractivity contribution in [2.45, 2.75) is 20.8 Å². The van der Waals surface area contributed by atoms with Gasteiger partial charge in [0, 0.05) is 6.07 Å². The van der Waals surface area contributed by atoms with Crippen molar-refractivity contribution >= 4 is 11.7 Å². The van der Waals surface area contributed by atoms with Gasteiger partial charge in [-0.05, 0) is 38.0 Å². The van der Waals surface area contributed by atoms with E-state index in [4.69, 9.17) is 9.47 Å². The zero-order valence-electron chi connectivity index (χ0n) is 13.2. The molecule has 0 heterocycles. The summed E-state index contributed by atoms with van der Waals surface area (Å²) in [5.74, 6) is -0.0863. The van der Waals surface area contributed by atoms with E-state index in [0.29, 0.717) is 5.75 Å². The van der Waals surface area contributed by atoms with Gasteiger partial charge in [-0.1, -0.05) is 29.8 Å². The minimum absolute atomic E-state index is 0.0341. The first-order chi connectivity index (χ1) is 10.9. The molecular weight excluding hydrogens is 298 g/mol. The van der Waals surface area contributed by atoms with E-state index >= 15 is 0 Å². The third-order valence-corrected chi connectivity index (χ3v) is 3.23. The molecule has 0 aliphatic carbocycles. The van der Waals surface area contributed by atoms with Crippen LogP contribution in [0.1, 0.15) is 16.7 Å². The molecule has 0 radical (unpaired) electrons. The van der Waals surface area contributed by atoms with Crippen molar-refractivity contribution in [1.82, 2.24) is 0 Å². The smallest absolute Gasteiger partial charge is 0.349 e. The molecule has 0 saturated heterocycles. The predicted molar refractivity (Wildman–Crippen MR) is 84.9 cm³/mol. The molecule has 0 unspecified atom stereocenters. The standard InChI is InChI=1S/C17H17NO5/c1-11-8-12(2)17(13(3)9-11)23-16(19)10-22-15-7-5-4-6-14(15)18(20)21/h4-9H,10H2,1-3H3. The van der Waals surface area contributed by atoms with Gasteiger partial charge in [0.15, 0.2) is 12.4 Å². The van der Waals surface area contributed by atoms with Gasteiger partial charge in [0.2, 0.25) is 0 Å². The fourth-order valence-electron chi connectivity index (χ4n) is 2.34. The Morgan fingerprint density at radius 3 is 2.35 bits per heavy atom. The summed E-state index contributed by atoms with van der Waals surface area (Å²) >= 11 is 0. The molecule has 2 aromatic carbocycles. The summed E-state index contributed by atoms with van der Waals surface area (Å²) in [6, 6.07) is 9.71. The molecule has 0 atom stereocenters. The number of para-hydroxylation sites is 2. The Bertz CT molecular complexity index is 731. The first kappa shape index (κ1) is 16.5. The van der Waals surface area contributed by atoms with Crippen LogP contribution in [0.25, 0.3) is 0 Å². The quantitative estimate of drug-likeness (QED) is 0.365. The molecule has 0 aliphatic heterocycles. The second kappa shape index (κ2) is 6.91. The van der Waals surface area contributed by atoms with Gasteiger partial charge in [-0.3, -0.25) is 10.1 Å². The van der Waals surface area contributed by atoms with E-state index in [9.17, 15) is 14.9 Å². The van der Waals surface area contributed by atoms with Crippen molar-refractivity contribution in [3.05, 3.63) is 63.2 Å². The molecule has 0 N–H and O–H groups in total. The van der Waals surface area contributed by atoms with Crippen molar-refractivity contribution in [3.8, 4) is 11.5 Å². The van der Waals surface area contributed by atoms with E-state index < -0.39 is 17.5 Å². The lowest BCUT2D eigenvalue weighted by atomic mass is 10.1. The monoisotopic (exact) mass is 315 g/mol. The van der Waals surface area contributed by atoms with Crippen LogP contribution in [-0.2, 0) is 4.79 Å². The lowest BCUT2D eigenvalue weighted by molar-refractivity contribution is -0.385. The molecule has 0 fully saturated rings. The predicted octanol–water partition coefficient (Wildman–Crippen LogP) is 3.50. The molecule has 6 heteroatoms. The van der Waals surface area contributed by atoms with Crippen LogP contribution in [0.5, 0.6) is 11.5 Å². The molecule has 23 heavy (non-hydrogen) atoms. The largest absolute Gasteiger partial charge is 0.475 e. The molecule has 0 aliphatic rings. The summed E-state index contributed by atoms with van der Waals surface area (Å²) in [5.41, 5.74) is 2.59. The number of aryl methyl sites for hydroxylation is 3. The summed E-state index contributed by atoms with van der Waals surface area (Å²) in [5, 5.41) is 10.9.